The summed E-state index contributed by atoms with van der Waals surface area (Å²) < 4.78 is 84.7. The lowest BCUT2D eigenvalue weighted by Gasteiger charge is -2.30. The van der Waals surface area contributed by atoms with E-state index < -0.39 is 48.7 Å². The second-order valence-corrected chi connectivity index (χ2v) is 10.4. The van der Waals surface area contributed by atoms with Crippen molar-refractivity contribution in [2.45, 2.75) is 82.7 Å². The summed E-state index contributed by atoms with van der Waals surface area (Å²) in [5.41, 5.74) is -1.07. The van der Waals surface area contributed by atoms with Crippen LogP contribution in [0.3, 0.4) is 0 Å². The molecule has 2 fully saturated rings. The molecule has 2 aromatic heterocycles. The molecule has 2 amide bonds. The van der Waals surface area contributed by atoms with E-state index in [4.69, 9.17) is 4.74 Å². The van der Waals surface area contributed by atoms with Crippen molar-refractivity contribution in [3.63, 3.8) is 0 Å². The van der Waals surface area contributed by atoms with Crippen molar-refractivity contribution in [1.82, 2.24) is 30.5 Å². The van der Waals surface area contributed by atoms with Crippen LogP contribution in [-0.4, -0.2) is 69.1 Å². The van der Waals surface area contributed by atoms with Crippen LogP contribution in [0.2, 0.25) is 0 Å². The number of halogens is 6. The van der Waals surface area contributed by atoms with Crippen LogP contribution in [0, 0.1) is 5.92 Å². The Bertz CT molecular complexity index is 1130. The van der Waals surface area contributed by atoms with Gasteiger partial charge in [-0.25, -0.2) is 14.8 Å². The molecule has 0 spiro atoms. The number of alkyl halides is 6. The minimum atomic E-state index is -4.56. The highest BCUT2D eigenvalue weighted by molar-refractivity contribution is 5.78. The molecule has 14 heteroatoms. The number of hydrogen-bond donors (Lipinski definition) is 3. The van der Waals surface area contributed by atoms with Gasteiger partial charge >= 0.3 is 18.4 Å². The second kappa shape index (κ2) is 9.61. The van der Waals surface area contributed by atoms with Gasteiger partial charge in [0.25, 0.3) is 0 Å². The van der Waals surface area contributed by atoms with E-state index >= 15 is 0 Å². The summed E-state index contributed by atoms with van der Waals surface area (Å²) in [6, 6.07) is -2.44. The maximum atomic E-state index is 13.3. The van der Waals surface area contributed by atoms with Crippen molar-refractivity contribution in [2.24, 2.45) is 5.92 Å². The van der Waals surface area contributed by atoms with Crippen LogP contribution in [0.4, 0.5) is 31.1 Å². The summed E-state index contributed by atoms with van der Waals surface area (Å²) in [5.74, 6) is 0.318. The highest BCUT2D eigenvalue weighted by Crippen LogP contribution is 2.46. The Morgan fingerprint density at radius 1 is 1.19 bits per heavy atom. The summed E-state index contributed by atoms with van der Waals surface area (Å²) in [6.07, 6.45) is -6.10. The van der Waals surface area contributed by atoms with Crippen LogP contribution < -0.4 is 10.6 Å². The van der Waals surface area contributed by atoms with E-state index in [9.17, 15) is 31.1 Å². The molecule has 3 heterocycles. The molecule has 37 heavy (non-hydrogen) atoms. The zero-order valence-electron chi connectivity index (χ0n) is 20.8. The first kappa shape index (κ1) is 27.4. The van der Waals surface area contributed by atoms with Gasteiger partial charge < -0.3 is 25.3 Å². The number of aromatic amines is 1. The summed E-state index contributed by atoms with van der Waals surface area (Å²) in [4.78, 5) is 25.5. The number of ether oxygens (including phenoxy) is 1. The van der Waals surface area contributed by atoms with Gasteiger partial charge in [0.1, 0.15) is 11.9 Å². The minimum absolute atomic E-state index is 0.00716. The van der Waals surface area contributed by atoms with Gasteiger partial charge in [0.05, 0.1) is 30.8 Å². The Hall–Kier alpha value is -2.61. The number of fused-ring (bicyclic) bond motifs is 1. The van der Waals surface area contributed by atoms with Gasteiger partial charge in [0.2, 0.25) is 0 Å². The van der Waals surface area contributed by atoms with Crippen molar-refractivity contribution < 1.29 is 35.9 Å². The summed E-state index contributed by atoms with van der Waals surface area (Å²) in [6.45, 7) is 4.73. The van der Waals surface area contributed by atoms with Crippen molar-refractivity contribution in [1.29, 1.82) is 0 Å². The fraction of sp³-hybridized carbons (Fsp3) is 0.696. The predicted molar refractivity (Wildman–Crippen MR) is 122 cm³/mol. The third kappa shape index (κ3) is 5.95. The molecule has 0 aromatic carbocycles. The number of carbonyl (C=O) groups is 1. The highest BCUT2D eigenvalue weighted by atomic mass is 19.4. The lowest BCUT2D eigenvalue weighted by Crippen LogP contribution is -2.44. The quantitative estimate of drug-likeness (QED) is 0.402. The second-order valence-electron chi connectivity index (χ2n) is 10.4. The maximum absolute atomic E-state index is 13.3. The maximum Gasteiger partial charge on any atom is 0.416 e. The smallest absolute Gasteiger partial charge is 0.364 e. The van der Waals surface area contributed by atoms with Gasteiger partial charge in [-0.05, 0) is 44.2 Å². The number of hydrogen-bond acceptors (Lipinski definition) is 5. The highest BCUT2D eigenvalue weighted by Gasteiger charge is 2.51. The van der Waals surface area contributed by atoms with Crippen LogP contribution >= 0.6 is 0 Å². The number of amides is 2. The largest absolute Gasteiger partial charge is 0.416 e. The summed E-state index contributed by atoms with van der Waals surface area (Å²) in [7, 11) is 0. The number of urea groups is 1. The monoisotopic (exact) mass is 536 g/mol. The SMILES string of the molecule is CC(C)NC(COC(C)(C)C(F)(F)F)c1nc2ncc(C(C3CC3)N3CC(C(F)(F)F)NC3=O)cc2[nH]1. The zero-order chi connectivity index (χ0) is 27.3. The van der Waals surface area contributed by atoms with Gasteiger partial charge in [-0.2, -0.15) is 26.3 Å². The molecule has 3 N–H and O–H groups in total. The number of nitrogens with one attached hydrogen (secondary N) is 3. The van der Waals surface area contributed by atoms with E-state index in [0.717, 1.165) is 26.7 Å². The Kier molecular flexibility index (Phi) is 7.12. The first-order valence-corrected chi connectivity index (χ1v) is 12.0. The molecular formula is C23H30F6N6O2. The van der Waals surface area contributed by atoms with Crippen LogP contribution in [-0.2, 0) is 4.74 Å². The zero-order valence-corrected chi connectivity index (χ0v) is 20.8. The van der Waals surface area contributed by atoms with Crippen LogP contribution in [0.15, 0.2) is 12.3 Å². The number of aromatic nitrogens is 3. The molecule has 3 unspecified atom stereocenters. The van der Waals surface area contributed by atoms with Crippen molar-refractivity contribution in [3.8, 4) is 0 Å². The Morgan fingerprint density at radius 2 is 1.86 bits per heavy atom. The lowest BCUT2D eigenvalue weighted by atomic mass is 10.0. The number of rotatable bonds is 9. The standard InChI is InChI=1S/C23H30F6N6O2/c1-11(2)31-15(10-37-21(3,4)23(27,28)29)19-32-14-7-13(8-30-18(14)34-19)17(12-5-6-12)35-9-16(22(24,25)26)33-20(35)36/h7-8,11-12,15-17,31H,5-6,9-10H2,1-4H3,(H,33,36)(H,30,32,34). The molecule has 0 radical (unpaired) electrons. The Balaban J connectivity index is 1.59. The lowest BCUT2D eigenvalue weighted by molar-refractivity contribution is -0.265. The molecule has 8 nitrogen and oxygen atoms in total. The molecule has 1 aliphatic heterocycles. The number of pyridine rings is 1. The molecule has 2 aromatic rings. The first-order valence-electron chi connectivity index (χ1n) is 12.0. The third-order valence-electron chi connectivity index (χ3n) is 6.61. The van der Waals surface area contributed by atoms with Crippen molar-refractivity contribution in [2.75, 3.05) is 13.2 Å². The number of nitrogens with zero attached hydrogens (tertiary/aromatic N) is 3. The number of H-pyrrole nitrogens is 1. The fourth-order valence-corrected chi connectivity index (χ4v) is 4.34. The van der Waals surface area contributed by atoms with E-state index in [1.165, 1.54) is 11.1 Å². The first-order chi connectivity index (χ1) is 17.1. The summed E-state index contributed by atoms with van der Waals surface area (Å²) >= 11 is 0. The molecule has 4 rings (SSSR count). The Morgan fingerprint density at radius 3 is 2.41 bits per heavy atom. The molecule has 1 saturated heterocycles. The van der Waals surface area contributed by atoms with Crippen LogP contribution in [0.5, 0.6) is 0 Å². The molecule has 1 aliphatic carbocycles. The van der Waals surface area contributed by atoms with E-state index in [1.807, 2.05) is 19.2 Å². The molecule has 3 atom stereocenters. The topological polar surface area (TPSA) is 95.2 Å². The average molecular weight is 537 g/mol. The fourth-order valence-electron chi connectivity index (χ4n) is 4.34. The predicted octanol–water partition coefficient (Wildman–Crippen LogP) is 4.76. The Labute approximate surface area is 209 Å². The normalized spacial score (nSPS) is 21.1. The van der Waals surface area contributed by atoms with E-state index in [2.05, 4.69) is 20.3 Å². The third-order valence-corrected chi connectivity index (χ3v) is 6.61. The van der Waals surface area contributed by atoms with Gasteiger partial charge in [-0.15, -0.1) is 0 Å². The van der Waals surface area contributed by atoms with Crippen molar-refractivity contribution >= 4 is 17.2 Å². The van der Waals surface area contributed by atoms with Crippen molar-refractivity contribution in [3.05, 3.63) is 23.7 Å². The molecule has 206 valence electrons. The van der Waals surface area contributed by atoms with Gasteiger partial charge in [-0.1, -0.05) is 13.8 Å². The number of imidazole rings is 1. The minimum Gasteiger partial charge on any atom is -0.364 e. The number of carbonyl (C=O) groups excluding carboxylic acids is 1. The van der Waals surface area contributed by atoms with E-state index in [-0.39, 0.29) is 24.2 Å². The van der Waals surface area contributed by atoms with E-state index in [0.29, 0.717) is 16.9 Å². The van der Waals surface area contributed by atoms with Gasteiger partial charge in [0, 0.05) is 12.2 Å². The van der Waals surface area contributed by atoms with Crippen LogP contribution in [0.1, 0.15) is 64.0 Å². The van der Waals surface area contributed by atoms with Gasteiger partial charge in [-0.3, -0.25) is 0 Å². The summed E-state index contributed by atoms with van der Waals surface area (Å²) in [5, 5.41) is 5.14. The molecule has 2 aliphatic rings. The molecule has 0 bridgehead atoms. The average Bonchev–Trinajstić information content (AvgIpc) is 3.38. The molecular weight excluding hydrogens is 506 g/mol. The van der Waals surface area contributed by atoms with E-state index in [1.54, 1.807) is 6.07 Å². The van der Waals surface area contributed by atoms with Crippen LogP contribution in [0.25, 0.3) is 11.2 Å². The van der Waals surface area contributed by atoms with Gasteiger partial charge in [0.15, 0.2) is 11.2 Å². The molecule has 1 saturated carbocycles.